The lowest BCUT2D eigenvalue weighted by Crippen LogP contribution is -2.52. The van der Waals surface area contributed by atoms with Gasteiger partial charge >= 0.3 is 7.12 Å². The number of aliphatic hydroxyl groups is 1. The van der Waals surface area contributed by atoms with Gasteiger partial charge in [0.05, 0.1) is 11.2 Å². The molecule has 0 aliphatic heterocycles. The van der Waals surface area contributed by atoms with E-state index in [1.54, 1.807) is 39.5 Å². The zero-order valence-electron chi connectivity index (χ0n) is 12.3. The lowest BCUT2D eigenvalue weighted by Gasteiger charge is -2.39. The molecule has 0 amide bonds. The molecule has 0 heterocycles. The van der Waals surface area contributed by atoms with Crippen molar-refractivity contribution in [1.82, 2.24) is 0 Å². The lowest BCUT2D eigenvalue weighted by atomic mass is 9.80. The van der Waals surface area contributed by atoms with Crippen LogP contribution in [-0.2, 0) is 4.65 Å². The fourth-order valence-electron chi connectivity index (χ4n) is 1.31. The Hall–Kier alpha value is -0.485. The van der Waals surface area contributed by atoms with Crippen molar-refractivity contribution in [2.45, 2.75) is 55.9 Å². The number of hydrogen-bond acceptors (Lipinski definition) is 4. The Morgan fingerprint density at radius 3 is 2.16 bits per heavy atom. The molecule has 0 aliphatic rings. The van der Waals surface area contributed by atoms with E-state index in [0.717, 1.165) is 4.90 Å². The van der Waals surface area contributed by atoms with Crippen LogP contribution in [0.15, 0.2) is 35.2 Å². The SMILES string of the molecule is CC(Sc1ccccc1)B(O)OC(C)(C)C(C)(C)O. The molecule has 1 unspecified atom stereocenters. The molecule has 1 aromatic carbocycles. The van der Waals surface area contributed by atoms with Gasteiger partial charge in [0.2, 0.25) is 0 Å². The summed E-state index contributed by atoms with van der Waals surface area (Å²) in [6, 6.07) is 9.87. The second-order valence-electron chi connectivity index (χ2n) is 5.71. The molecule has 5 heteroatoms. The summed E-state index contributed by atoms with van der Waals surface area (Å²) in [7, 11) is -0.938. The van der Waals surface area contributed by atoms with Crippen LogP contribution < -0.4 is 0 Å². The van der Waals surface area contributed by atoms with Crippen LogP contribution in [0.3, 0.4) is 0 Å². The van der Waals surface area contributed by atoms with Gasteiger partial charge < -0.3 is 14.8 Å². The molecule has 106 valence electrons. The minimum atomic E-state index is -1.02. The molecule has 0 spiro atoms. The third-order valence-electron chi connectivity index (χ3n) is 3.36. The van der Waals surface area contributed by atoms with Crippen molar-refractivity contribution in [2.75, 3.05) is 0 Å². The van der Waals surface area contributed by atoms with Crippen molar-refractivity contribution in [1.29, 1.82) is 0 Å². The second kappa shape index (κ2) is 6.31. The van der Waals surface area contributed by atoms with Crippen molar-refractivity contribution in [3.8, 4) is 0 Å². The van der Waals surface area contributed by atoms with Crippen LogP contribution in [0.4, 0.5) is 0 Å². The van der Waals surface area contributed by atoms with E-state index in [0.29, 0.717) is 0 Å². The molecule has 0 fully saturated rings. The van der Waals surface area contributed by atoms with E-state index in [4.69, 9.17) is 4.65 Å². The van der Waals surface area contributed by atoms with Crippen LogP contribution >= 0.6 is 11.8 Å². The first-order valence-electron chi connectivity index (χ1n) is 6.43. The van der Waals surface area contributed by atoms with Crippen molar-refractivity contribution in [3.63, 3.8) is 0 Å². The highest BCUT2D eigenvalue weighted by Crippen LogP contribution is 2.29. The first-order chi connectivity index (χ1) is 8.63. The predicted octanol–water partition coefficient (Wildman–Crippen LogP) is 2.75. The van der Waals surface area contributed by atoms with Crippen LogP contribution in [0.1, 0.15) is 34.6 Å². The summed E-state index contributed by atoms with van der Waals surface area (Å²) in [5, 5.41) is 20.0. The van der Waals surface area contributed by atoms with Gasteiger partial charge in [0.1, 0.15) is 0 Å². The minimum Gasteiger partial charge on any atom is -0.426 e. The van der Waals surface area contributed by atoms with Gasteiger partial charge in [0.25, 0.3) is 0 Å². The van der Waals surface area contributed by atoms with Crippen LogP contribution in [-0.4, -0.2) is 33.6 Å². The molecule has 0 radical (unpaired) electrons. The van der Waals surface area contributed by atoms with E-state index in [-0.39, 0.29) is 5.15 Å². The van der Waals surface area contributed by atoms with Gasteiger partial charge in [-0.2, -0.15) is 0 Å². The van der Waals surface area contributed by atoms with E-state index < -0.39 is 18.3 Å². The smallest absolute Gasteiger partial charge is 0.426 e. The van der Waals surface area contributed by atoms with Crippen LogP contribution in [0.5, 0.6) is 0 Å². The van der Waals surface area contributed by atoms with Crippen LogP contribution in [0.25, 0.3) is 0 Å². The fourth-order valence-corrected chi connectivity index (χ4v) is 2.23. The average Bonchev–Trinajstić information content (AvgIpc) is 2.28. The topological polar surface area (TPSA) is 49.7 Å². The number of thioether (sulfide) groups is 1. The Morgan fingerprint density at radius 1 is 1.16 bits per heavy atom. The second-order valence-corrected chi connectivity index (χ2v) is 7.16. The van der Waals surface area contributed by atoms with E-state index in [1.807, 2.05) is 37.3 Å². The summed E-state index contributed by atoms with van der Waals surface area (Å²) < 4.78 is 5.62. The number of hydrogen-bond donors (Lipinski definition) is 2. The maximum atomic E-state index is 10.1. The Labute approximate surface area is 120 Å². The molecule has 1 aromatic rings. The standard InChI is InChI=1S/C14H23BO3S/c1-11(19-12-9-7-6-8-10-12)15(17)18-14(4,5)13(2,3)16/h6-11,16-17H,1-5H3. The lowest BCUT2D eigenvalue weighted by molar-refractivity contribution is -0.100. The summed E-state index contributed by atoms with van der Waals surface area (Å²) in [6.07, 6.45) is 0. The molecule has 19 heavy (non-hydrogen) atoms. The van der Waals surface area contributed by atoms with E-state index in [1.165, 1.54) is 0 Å². The summed E-state index contributed by atoms with van der Waals surface area (Å²) in [6.45, 7) is 8.80. The summed E-state index contributed by atoms with van der Waals surface area (Å²) in [4.78, 5) is 1.08. The van der Waals surface area contributed by atoms with Gasteiger partial charge in [-0.05, 0) is 39.8 Å². The van der Waals surface area contributed by atoms with Crippen LogP contribution in [0, 0.1) is 0 Å². The first-order valence-corrected chi connectivity index (χ1v) is 7.31. The molecular weight excluding hydrogens is 259 g/mol. The van der Waals surface area contributed by atoms with Gasteiger partial charge in [-0.15, -0.1) is 11.8 Å². The van der Waals surface area contributed by atoms with E-state index >= 15 is 0 Å². The zero-order valence-corrected chi connectivity index (χ0v) is 13.1. The summed E-state index contributed by atoms with van der Waals surface area (Å²) in [5.41, 5.74) is -1.84. The molecule has 0 aromatic heterocycles. The molecule has 0 saturated heterocycles. The van der Waals surface area contributed by atoms with Crippen LogP contribution in [0.2, 0.25) is 0 Å². The molecule has 0 bridgehead atoms. The van der Waals surface area contributed by atoms with Crippen molar-refractivity contribution in [3.05, 3.63) is 30.3 Å². The van der Waals surface area contributed by atoms with Gasteiger partial charge in [0.15, 0.2) is 0 Å². The maximum absolute atomic E-state index is 10.1. The molecule has 0 aliphatic carbocycles. The largest absolute Gasteiger partial charge is 0.468 e. The molecule has 0 saturated carbocycles. The van der Waals surface area contributed by atoms with Crippen molar-refractivity contribution < 1.29 is 14.8 Å². The van der Waals surface area contributed by atoms with Gasteiger partial charge in [-0.25, -0.2) is 0 Å². The van der Waals surface area contributed by atoms with E-state index in [2.05, 4.69) is 0 Å². The summed E-state index contributed by atoms with van der Waals surface area (Å²) in [5.74, 6) is 0. The molecule has 1 atom stereocenters. The summed E-state index contributed by atoms with van der Waals surface area (Å²) >= 11 is 1.55. The quantitative estimate of drug-likeness (QED) is 0.622. The third kappa shape index (κ3) is 4.84. The van der Waals surface area contributed by atoms with Crippen molar-refractivity contribution in [2.24, 2.45) is 0 Å². The maximum Gasteiger partial charge on any atom is 0.468 e. The highest BCUT2D eigenvalue weighted by molar-refractivity contribution is 8.01. The van der Waals surface area contributed by atoms with Gasteiger partial charge in [-0.1, -0.05) is 25.1 Å². The predicted molar refractivity (Wildman–Crippen MR) is 81.2 cm³/mol. The normalized spacial score (nSPS) is 14.3. The Balaban J connectivity index is 2.61. The number of benzene rings is 1. The zero-order chi connectivity index (χ0) is 14.7. The molecular formula is C14H23BO3S. The van der Waals surface area contributed by atoms with Gasteiger partial charge in [-0.3, -0.25) is 0 Å². The molecule has 3 nitrogen and oxygen atoms in total. The highest BCUT2D eigenvalue weighted by Gasteiger charge is 2.40. The van der Waals surface area contributed by atoms with Crippen molar-refractivity contribution >= 4 is 18.9 Å². The monoisotopic (exact) mass is 282 g/mol. The van der Waals surface area contributed by atoms with Gasteiger partial charge in [0, 0.05) is 10.0 Å². The highest BCUT2D eigenvalue weighted by atomic mass is 32.2. The Morgan fingerprint density at radius 2 is 1.68 bits per heavy atom. The third-order valence-corrected chi connectivity index (χ3v) is 4.50. The fraction of sp³-hybridized carbons (Fsp3) is 0.571. The first kappa shape index (κ1) is 16.6. The Kier molecular flexibility index (Phi) is 5.50. The van der Waals surface area contributed by atoms with E-state index in [9.17, 15) is 10.1 Å². The molecule has 2 N–H and O–H groups in total. The average molecular weight is 282 g/mol. The number of rotatable bonds is 6. The molecule has 1 rings (SSSR count). The minimum absolute atomic E-state index is 0.121. The Bertz CT molecular complexity index is 389.